The summed E-state index contributed by atoms with van der Waals surface area (Å²) >= 11 is 0. The molecule has 0 heterocycles. The van der Waals surface area contributed by atoms with Gasteiger partial charge in [0.25, 0.3) is 0 Å². The second kappa shape index (κ2) is 7.92. The monoisotopic (exact) mass is 389 g/mol. The van der Waals surface area contributed by atoms with E-state index in [0.29, 0.717) is 16.8 Å². The Kier molecular flexibility index (Phi) is 6.05. The van der Waals surface area contributed by atoms with Crippen molar-refractivity contribution in [3.63, 3.8) is 0 Å². The second-order valence-electron chi connectivity index (χ2n) is 7.28. The third kappa shape index (κ3) is 6.21. The number of carbonyl (C=O) groups is 2. The zero-order chi connectivity index (χ0) is 20.2. The number of hydrogen-bond acceptors (Lipinski definition) is 5. The van der Waals surface area contributed by atoms with E-state index in [2.05, 4.69) is 25.5 Å². The molecule has 144 valence electrons. The van der Waals surface area contributed by atoms with E-state index in [4.69, 9.17) is 4.74 Å². The first-order chi connectivity index (χ1) is 12.5. The van der Waals surface area contributed by atoms with E-state index in [1.807, 2.05) is 12.1 Å². The molecule has 0 aromatic heterocycles. The van der Waals surface area contributed by atoms with Crippen LogP contribution in [0.15, 0.2) is 48.5 Å². The maximum absolute atomic E-state index is 12.1. The van der Waals surface area contributed by atoms with Crippen LogP contribution in [0.1, 0.15) is 47.1 Å². The Balaban J connectivity index is 1.95. The summed E-state index contributed by atoms with van der Waals surface area (Å²) in [5.74, 6) is -0.945. The van der Waals surface area contributed by atoms with Crippen molar-refractivity contribution in [3.8, 4) is 0 Å². The van der Waals surface area contributed by atoms with Crippen molar-refractivity contribution in [2.45, 2.75) is 26.2 Å². The fourth-order valence-corrected chi connectivity index (χ4v) is 2.91. The molecule has 0 radical (unpaired) electrons. The van der Waals surface area contributed by atoms with E-state index >= 15 is 0 Å². The van der Waals surface area contributed by atoms with Gasteiger partial charge in [-0.05, 0) is 47.4 Å². The SMILES string of the molecule is CC(C)(C)c1ccc(C(=O)OCC(=O)c2ccc(NS(C)(=O)=O)cc2)cc1. The molecule has 2 aromatic rings. The minimum atomic E-state index is -3.38. The Bertz CT molecular complexity index is 924. The second-order valence-corrected chi connectivity index (χ2v) is 9.03. The van der Waals surface area contributed by atoms with Crippen molar-refractivity contribution in [1.29, 1.82) is 0 Å². The first kappa shape index (κ1) is 20.6. The molecule has 0 fully saturated rings. The lowest BCUT2D eigenvalue weighted by molar-refractivity contribution is 0.0474. The van der Waals surface area contributed by atoms with Crippen molar-refractivity contribution < 1.29 is 22.7 Å². The zero-order valence-corrected chi connectivity index (χ0v) is 16.6. The van der Waals surface area contributed by atoms with Gasteiger partial charge in [-0.1, -0.05) is 32.9 Å². The lowest BCUT2D eigenvalue weighted by Crippen LogP contribution is -2.15. The molecule has 1 N–H and O–H groups in total. The highest BCUT2D eigenvalue weighted by Crippen LogP contribution is 2.22. The first-order valence-electron chi connectivity index (χ1n) is 8.34. The summed E-state index contributed by atoms with van der Waals surface area (Å²) in [6.45, 7) is 5.85. The summed E-state index contributed by atoms with van der Waals surface area (Å²) in [4.78, 5) is 24.2. The van der Waals surface area contributed by atoms with Gasteiger partial charge in [0, 0.05) is 11.3 Å². The van der Waals surface area contributed by atoms with Gasteiger partial charge in [-0.15, -0.1) is 0 Å². The summed E-state index contributed by atoms with van der Waals surface area (Å²) in [5.41, 5.74) is 2.13. The quantitative estimate of drug-likeness (QED) is 0.604. The van der Waals surface area contributed by atoms with Gasteiger partial charge in [-0.25, -0.2) is 13.2 Å². The Hall–Kier alpha value is -2.67. The van der Waals surface area contributed by atoms with E-state index in [1.54, 1.807) is 12.1 Å². The molecule has 0 spiro atoms. The first-order valence-corrected chi connectivity index (χ1v) is 10.2. The molecule has 0 amide bonds. The van der Waals surface area contributed by atoms with Crippen molar-refractivity contribution in [2.75, 3.05) is 17.6 Å². The van der Waals surface area contributed by atoms with Crippen molar-refractivity contribution in [2.24, 2.45) is 0 Å². The summed E-state index contributed by atoms with van der Waals surface area (Å²) in [7, 11) is -3.38. The van der Waals surface area contributed by atoms with Crippen LogP contribution in [0.2, 0.25) is 0 Å². The van der Waals surface area contributed by atoms with Crippen LogP contribution in [0, 0.1) is 0 Å². The van der Waals surface area contributed by atoms with E-state index in [0.717, 1.165) is 11.8 Å². The lowest BCUT2D eigenvalue weighted by atomic mass is 9.87. The summed E-state index contributed by atoms with van der Waals surface area (Å²) in [6, 6.07) is 13.0. The number of benzene rings is 2. The highest BCUT2D eigenvalue weighted by Gasteiger charge is 2.16. The summed E-state index contributed by atoms with van der Waals surface area (Å²) in [6.07, 6.45) is 1.04. The fraction of sp³-hybridized carbons (Fsp3) is 0.300. The molecule has 0 atom stereocenters. The molecule has 0 bridgehead atoms. The van der Waals surface area contributed by atoms with Crippen LogP contribution < -0.4 is 4.72 Å². The molecule has 0 aliphatic rings. The van der Waals surface area contributed by atoms with Gasteiger partial charge in [0.2, 0.25) is 10.0 Å². The lowest BCUT2D eigenvalue weighted by Gasteiger charge is -2.18. The van der Waals surface area contributed by atoms with Gasteiger partial charge in [0.15, 0.2) is 12.4 Å². The van der Waals surface area contributed by atoms with Crippen molar-refractivity contribution >= 4 is 27.5 Å². The third-order valence-corrected chi connectivity index (χ3v) is 4.44. The molecule has 0 saturated carbocycles. The Labute approximate surface area is 159 Å². The van der Waals surface area contributed by atoms with Crippen LogP contribution in [-0.2, 0) is 20.2 Å². The maximum Gasteiger partial charge on any atom is 0.338 e. The molecule has 2 aromatic carbocycles. The fourth-order valence-electron chi connectivity index (χ4n) is 2.34. The zero-order valence-electron chi connectivity index (χ0n) is 15.8. The topological polar surface area (TPSA) is 89.5 Å². The minimum absolute atomic E-state index is 0.0173. The van der Waals surface area contributed by atoms with E-state index < -0.39 is 22.6 Å². The van der Waals surface area contributed by atoms with Gasteiger partial charge in [0.1, 0.15) is 0 Å². The van der Waals surface area contributed by atoms with Gasteiger partial charge in [0.05, 0.1) is 11.8 Å². The number of ketones is 1. The minimum Gasteiger partial charge on any atom is -0.454 e. The predicted octanol–water partition coefficient (Wildman–Crippen LogP) is 3.40. The molecular formula is C20H23NO5S. The Morgan fingerprint density at radius 1 is 0.926 bits per heavy atom. The number of rotatable bonds is 6. The molecule has 7 heteroatoms. The normalized spacial score (nSPS) is 11.7. The number of Topliss-reactive ketones (excluding diaryl/α,β-unsaturated/α-hetero) is 1. The van der Waals surface area contributed by atoms with Gasteiger partial charge in [-0.2, -0.15) is 0 Å². The largest absolute Gasteiger partial charge is 0.454 e. The number of ether oxygens (including phenoxy) is 1. The molecule has 2 rings (SSSR count). The molecular weight excluding hydrogens is 366 g/mol. The van der Waals surface area contributed by atoms with Gasteiger partial charge in [-0.3, -0.25) is 9.52 Å². The summed E-state index contributed by atoms with van der Waals surface area (Å²) < 4.78 is 29.7. The number of anilines is 1. The molecule has 0 unspecified atom stereocenters. The standard InChI is InChI=1S/C20H23NO5S/c1-20(2,3)16-9-5-15(6-10-16)19(23)26-13-18(22)14-7-11-17(12-8-14)21-27(4,24)25/h5-12,21H,13H2,1-4H3. The summed E-state index contributed by atoms with van der Waals surface area (Å²) in [5, 5.41) is 0. The van der Waals surface area contributed by atoms with Crippen LogP contribution in [0.4, 0.5) is 5.69 Å². The number of nitrogens with one attached hydrogen (secondary N) is 1. The number of sulfonamides is 1. The van der Waals surface area contributed by atoms with Crippen molar-refractivity contribution in [1.82, 2.24) is 0 Å². The van der Waals surface area contributed by atoms with Crippen LogP contribution >= 0.6 is 0 Å². The average Bonchev–Trinajstić information content (AvgIpc) is 2.58. The van der Waals surface area contributed by atoms with Gasteiger partial charge >= 0.3 is 5.97 Å². The Morgan fingerprint density at radius 3 is 1.93 bits per heavy atom. The highest BCUT2D eigenvalue weighted by atomic mass is 32.2. The van der Waals surface area contributed by atoms with Crippen LogP contribution in [0.3, 0.4) is 0 Å². The maximum atomic E-state index is 12.1. The van der Waals surface area contributed by atoms with Crippen LogP contribution in [-0.4, -0.2) is 33.0 Å². The molecule has 27 heavy (non-hydrogen) atoms. The number of carbonyl (C=O) groups excluding carboxylic acids is 2. The predicted molar refractivity (Wildman–Crippen MR) is 105 cm³/mol. The number of esters is 1. The highest BCUT2D eigenvalue weighted by molar-refractivity contribution is 7.92. The van der Waals surface area contributed by atoms with Crippen LogP contribution in [0.25, 0.3) is 0 Å². The third-order valence-electron chi connectivity index (χ3n) is 3.83. The Morgan fingerprint density at radius 2 is 1.44 bits per heavy atom. The van der Waals surface area contributed by atoms with E-state index in [1.165, 1.54) is 24.3 Å². The molecule has 0 saturated heterocycles. The number of hydrogen-bond donors (Lipinski definition) is 1. The smallest absolute Gasteiger partial charge is 0.338 e. The molecule has 6 nitrogen and oxygen atoms in total. The molecule has 0 aliphatic carbocycles. The van der Waals surface area contributed by atoms with Gasteiger partial charge < -0.3 is 4.74 Å². The molecule has 0 aliphatic heterocycles. The van der Waals surface area contributed by atoms with Crippen LogP contribution in [0.5, 0.6) is 0 Å². The van der Waals surface area contributed by atoms with E-state index in [9.17, 15) is 18.0 Å². The van der Waals surface area contributed by atoms with E-state index in [-0.39, 0.29) is 11.2 Å². The average molecular weight is 389 g/mol. The van der Waals surface area contributed by atoms with Crippen molar-refractivity contribution in [3.05, 3.63) is 65.2 Å².